The summed E-state index contributed by atoms with van der Waals surface area (Å²) >= 11 is 0. The Labute approximate surface area is 252 Å². The molecule has 5 rings (SSSR count). The van der Waals surface area contributed by atoms with Crippen LogP contribution in [0, 0.1) is 0 Å². The van der Waals surface area contributed by atoms with Gasteiger partial charge < -0.3 is 35.7 Å². The highest BCUT2D eigenvalue weighted by Gasteiger charge is 2.37. The van der Waals surface area contributed by atoms with Crippen LogP contribution >= 0.6 is 0 Å². The van der Waals surface area contributed by atoms with Gasteiger partial charge in [-0.3, -0.25) is 14.4 Å². The van der Waals surface area contributed by atoms with Crippen molar-refractivity contribution < 1.29 is 39.2 Å². The lowest BCUT2D eigenvalue weighted by molar-refractivity contribution is -0.149. The van der Waals surface area contributed by atoms with E-state index in [-0.39, 0.29) is 41.5 Å². The molecule has 44 heavy (non-hydrogen) atoms. The largest absolute Gasteiger partial charge is 0.508 e. The van der Waals surface area contributed by atoms with Crippen LogP contribution in [0.1, 0.15) is 52.0 Å². The van der Waals surface area contributed by atoms with E-state index in [0.29, 0.717) is 28.6 Å². The van der Waals surface area contributed by atoms with Crippen molar-refractivity contribution in [2.24, 2.45) is 0 Å². The number of carboxylic acids is 1. The number of aromatic nitrogens is 1. The number of piperazine rings is 1. The van der Waals surface area contributed by atoms with Crippen LogP contribution in [-0.2, 0) is 32.0 Å². The maximum atomic E-state index is 13.3. The number of amides is 2. The van der Waals surface area contributed by atoms with Crippen molar-refractivity contribution in [1.29, 1.82) is 0 Å². The summed E-state index contributed by atoms with van der Waals surface area (Å²) in [5.41, 5.74) is 2.40. The Bertz CT molecular complexity index is 1730. The van der Waals surface area contributed by atoms with Gasteiger partial charge >= 0.3 is 5.97 Å². The number of aromatic amines is 1. The van der Waals surface area contributed by atoms with Crippen LogP contribution in [0.5, 0.6) is 11.5 Å². The minimum atomic E-state index is -1.35. The minimum absolute atomic E-state index is 0.0180. The molecule has 1 fully saturated rings. The summed E-state index contributed by atoms with van der Waals surface area (Å²) in [4.78, 5) is 54.1. The third kappa shape index (κ3) is 6.00. The fraction of sp³-hybridized carbons (Fsp3) is 0.273. The first-order valence-electron chi connectivity index (χ1n) is 14.1. The molecule has 4 aromatic rings. The molecule has 0 radical (unpaired) electrons. The second kappa shape index (κ2) is 12.6. The highest BCUT2D eigenvalue weighted by atomic mass is 16.5. The number of benzene rings is 3. The average Bonchev–Trinajstić information content (AvgIpc) is 3.35. The summed E-state index contributed by atoms with van der Waals surface area (Å²) in [6.45, 7) is 1.27. The number of methoxy groups -OCH3 is 1. The van der Waals surface area contributed by atoms with E-state index < -0.39 is 41.6 Å². The smallest absolute Gasteiger partial charge is 0.332 e. The van der Waals surface area contributed by atoms with E-state index in [9.17, 15) is 34.5 Å². The molecule has 6 N–H and O–H groups in total. The molecule has 3 aromatic carbocycles. The molecule has 0 bridgehead atoms. The van der Waals surface area contributed by atoms with Gasteiger partial charge in [-0.15, -0.1) is 0 Å². The Morgan fingerprint density at radius 3 is 2.16 bits per heavy atom. The molecule has 228 valence electrons. The summed E-state index contributed by atoms with van der Waals surface area (Å²) in [5.74, 6) is -4.30. The predicted molar refractivity (Wildman–Crippen MR) is 161 cm³/mol. The van der Waals surface area contributed by atoms with Crippen molar-refractivity contribution in [2.45, 2.75) is 50.3 Å². The zero-order chi connectivity index (χ0) is 31.5. The van der Waals surface area contributed by atoms with Gasteiger partial charge in [-0.2, -0.15) is 0 Å². The highest BCUT2D eigenvalue weighted by molar-refractivity contribution is 5.99. The first-order chi connectivity index (χ1) is 21.1. The predicted octanol–water partition coefficient (Wildman–Crippen LogP) is 3.17. The van der Waals surface area contributed by atoms with Gasteiger partial charge in [0.25, 0.3) is 0 Å². The number of para-hydroxylation sites is 1. The standard InChI is InChI=1S/C33H33N3O8/c1-17(37)19-12-13-26(38)28(30(19)39)22(16-27(44-2)33(42)43)29-21(20-10-6-7-11-23(20)34-29)15-25-32(41)35-24(31(40)36-25)14-18-8-4-3-5-9-18/h3-13,22,24-25,27,34,38-39H,14-16H2,1-2H3,(H,35,41)(H,36,40)(H,42,43)/t22-,24-,25+,27?/m1/s1. The van der Waals surface area contributed by atoms with Gasteiger partial charge in [-0.25, -0.2) is 4.79 Å². The molecule has 1 aliphatic heterocycles. The van der Waals surface area contributed by atoms with Crippen LogP contribution in [-0.4, -0.2) is 69.2 Å². The van der Waals surface area contributed by atoms with E-state index in [0.717, 1.165) is 5.56 Å². The third-order valence-corrected chi connectivity index (χ3v) is 8.08. The Kier molecular flexibility index (Phi) is 8.68. The molecule has 0 spiro atoms. The maximum Gasteiger partial charge on any atom is 0.332 e. The number of fused-ring (bicyclic) bond motifs is 1. The van der Waals surface area contributed by atoms with Crippen LogP contribution < -0.4 is 10.6 Å². The van der Waals surface area contributed by atoms with Gasteiger partial charge in [0.05, 0.1) is 5.56 Å². The van der Waals surface area contributed by atoms with E-state index in [2.05, 4.69) is 15.6 Å². The molecule has 2 amide bonds. The lowest BCUT2D eigenvalue weighted by Crippen LogP contribution is -2.62. The fourth-order valence-electron chi connectivity index (χ4n) is 5.87. The molecule has 0 saturated carbocycles. The van der Waals surface area contributed by atoms with Crippen LogP contribution in [0.25, 0.3) is 10.9 Å². The first kappa shape index (κ1) is 30.3. The average molecular weight is 600 g/mol. The molecule has 1 aromatic heterocycles. The minimum Gasteiger partial charge on any atom is -0.508 e. The number of Topliss-reactive ketones (excluding diaryl/α,β-unsaturated/α-hetero) is 1. The monoisotopic (exact) mass is 599 g/mol. The van der Waals surface area contributed by atoms with Crippen molar-refractivity contribution in [1.82, 2.24) is 15.6 Å². The number of aliphatic carboxylic acids is 1. The van der Waals surface area contributed by atoms with Crippen LogP contribution in [0.4, 0.5) is 0 Å². The number of hydrogen-bond donors (Lipinski definition) is 6. The van der Waals surface area contributed by atoms with E-state index in [1.54, 1.807) is 18.2 Å². The van der Waals surface area contributed by atoms with Gasteiger partial charge in [0.1, 0.15) is 23.6 Å². The van der Waals surface area contributed by atoms with Crippen molar-refractivity contribution in [2.75, 3.05) is 7.11 Å². The van der Waals surface area contributed by atoms with Crippen LogP contribution in [0.2, 0.25) is 0 Å². The number of rotatable bonds is 11. The van der Waals surface area contributed by atoms with E-state index in [1.165, 1.54) is 26.2 Å². The normalized spacial score (nSPS) is 18.0. The molecule has 1 aliphatic rings. The molecule has 4 atom stereocenters. The van der Waals surface area contributed by atoms with E-state index in [4.69, 9.17) is 4.74 Å². The zero-order valence-electron chi connectivity index (χ0n) is 24.2. The van der Waals surface area contributed by atoms with E-state index in [1.807, 2.05) is 36.4 Å². The van der Waals surface area contributed by atoms with Gasteiger partial charge in [-0.05, 0) is 42.7 Å². The Balaban J connectivity index is 1.58. The number of H-pyrrole nitrogens is 1. The number of phenols is 2. The molecular weight excluding hydrogens is 566 g/mol. The molecule has 11 heteroatoms. The summed E-state index contributed by atoms with van der Waals surface area (Å²) in [6, 6.07) is 17.4. The summed E-state index contributed by atoms with van der Waals surface area (Å²) < 4.78 is 5.23. The number of ether oxygens (including phenoxy) is 1. The molecule has 2 heterocycles. The number of carboxylic acid groups (broad SMARTS) is 1. The molecule has 0 aliphatic carbocycles. The molecule has 11 nitrogen and oxygen atoms in total. The molecule has 1 unspecified atom stereocenters. The topological polar surface area (TPSA) is 178 Å². The lowest BCUT2D eigenvalue weighted by atomic mass is 9.84. The fourth-order valence-corrected chi connectivity index (χ4v) is 5.87. The Hall–Kier alpha value is -5.16. The highest BCUT2D eigenvalue weighted by Crippen LogP contribution is 2.45. The number of nitrogens with one attached hydrogen (secondary N) is 3. The van der Waals surface area contributed by atoms with Crippen molar-refractivity contribution in [3.05, 3.63) is 94.7 Å². The molecule has 1 saturated heterocycles. The first-order valence-corrected chi connectivity index (χ1v) is 14.1. The maximum absolute atomic E-state index is 13.3. The molecular formula is C33H33N3O8. The number of aromatic hydroxyl groups is 2. The van der Waals surface area contributed by atoms with Crippen LogP contribution in [0.3, 0.4) is 0 Å². The van der Waals surface area contributed by atoms with Gasteiger partial charge in [0, 0.05) is 48.0 Å². The number of carbonyl (C=O) groups is 4. The summed E-state index contributed by atoms with van der Waals surface area (Å²) in [7, 11) is 1.24. The van der Waals surface area contributed by atoms with Crippen molar-refractivity contribution in [3.63, 3.8) is 0 Å². The van der Waals surface area contributed by atoms with Crippen molar-refractivity contribution >= 4 is 34.5 Å². The summed E-state index contributed by atoms with van der Waals surface area (Å²) in [6.07, 6.45) is -1.25. The van der Waals surface area contributed by atoms with Crippen LogP contribution in [0.15, 0.2) is 66.7 Å². The Morgan fingerprint density at radius 2 is 1.52 bits per heavy atom. The SMILES string of the molecule is COC(C[C@@H](c1[nH]c2ccccc2c1C[C@@H]1NC(=O)[C@@H](Cc2ccccc2)NC1=O)c1c(O)ccc(C(C)=O)c1O)C(=O)O. The number of hydrogen-bond acceptors (Lipinski definition) is 7. The quantitative estimate of drug-likeness (QED) is 0.142. The van der Waals surface area contributed by atoms with Gasteiger partial charge in [-0.1, -0.05) is 48.5 Å². The second-order valence-electron chi connectivity index (χ2n) is 10.9. The second-order valence-corrected chi connectivity index (χ2v) is 10.9. The number of ketones is 1. The Morgan fingerprint density at radius 1 is 0.886 bits per heavy atom. The van der Waals surface area contributed by atoms with Gasteiger partial charge in [0.2, 0.25) is 11.8 Å². The van der Waals surface area contributed by atoms with Gasteiger partial charge in [0.15, 0.2) is 11.9 Å². The van der Waals surface area contributed by atoms with Crippen molar-refractivity contribution in [3.8, 4) is 11.5 Å². The van der Waals surface area contributed by atoms with E-state index >= 15 is 0 Å². The summed E-state index contributed by atoms with van der Waals surface area (Å²) in [5, 5.41) is 38.4. The number of phenolic OH excluding ortho intramolecular Hbond substituents is 2. The zero-order valence-corrected chi connectivity index (χ0v) is 24.2. The number of carbonyl (C=O) groups excluding carboxylic acids is 3. The lowest BCUT2D eigenvalue weighted by Gasteiger charge is -2.30. The third-order valence-electron chi connectivity index (χ3n) is 8.08.